The standard InChI is InChI=1S/C24H24N4O4/c1-15(29)18-14-28(21-9-5-3-6-16(18)21)13-12-25-22(30)11-10-20-24(32)26-19-8-4-2-7-17(19)23(31)27-20/h2-9,14,20H,10-13H2,1H3,(H,25,30)(H,26,32)(H,27,31). The van der Waals surface area contributed by atoms with Gasteiger partial charge < -0.3 is 20.5 Å². The van der Waals surface area contributed by atoms with Gasteiger partial charge in [0, 0.05) is 42.2 Å². The van der Waals surface area contributed by atoms with Crippen molar-refractivity contribution in [3.8, 4) is 0 Å². The maximum atomic E-state index is 12.4. The van der Waals surface area contributed by atoms with E-state index in [4.69, 9.17) is 0 Å². The predicted molar refractivity (Wildman–Crippen MR) is 121 cm³/mol. The van der Waals surface area contributed by atoms with E-state index in [1.165, 1.54) is 6.92 Å². The van der Waals surface area contributed by atoms with Crippen LogP contribution in [-0.4, -0.2) is 40.7 Å². The quantitative estimate of drug-likeness (QED) is 0.498. The van der Waals surface area contributed by atoms with Gasteiger partial charge in [0.25, 0.3) is 5.91 Å². The molecule has 0 bridgehead atoms. The van der Waals surface area contributed by atoms with E-state index in [1.807, 2.05) is 35.0 Å². The maximum absolute atomic E-state index is 12.4. The van der Waals surface area contributed by atoms with Crippen LogP contribution >= 0.6 is 0 Å². The number of anilines is 1. The van der Waals surface area contributed by atoms with Crippen LogP contribution in [0, 0.1) is 0 Å². The van der Waals surface area contributed by atoms with Gasteiger partial charge in [-0.15, -0.1) is 0 Å². The molecule has 8 heteroatoms. The summed E-state index contributed by atoms with van der Waals surface area (Å²) in [4.78, 5) is 49.0. The van der Waals surface area contributed by atoms with Gasteiger partial charge in [0.15, 0.2) is 5.78 Å². The number of fused-ring (bicyclic) bond motifs is 2. The van der Waals surface area contributed by atoms with Gasteiger partial charge in [-0.05, 0) is 31.5 Å². The molecule has 1 aromatic heterocycles. The first-order valence-corrected chi connectivity index (χ1v) is 10.5. The molecule has 0 aliphatic carbocycles. The third-order valence-corrected chi connectivity index (χ3v) is 5.55. The van der Waals surface area contributed by atoms with Crippen molar-refractivity contribution < 1.29 is 19.2 Å². The molecule has 1 unspecified atom stereocenters. The molecule has 4 rings (SSSR count). The highest BCUT2D eigenvalue weighted by Crippen LogP contribution is 2.22. The zero-order valence-electron chi connectivity index (χ0n) is 17.7. The van der Waals surface area contributed by atoms with E-state index in [2.05, 4.69) is 16.0 Å². The number of rotatable bonds is 7. The highest BCUT2D eigenvalue weighted by molar-refractivity contribution is 6.10. The summed E-state index contributed by atoms with van der Waals surface area (Å²) >= 11 is 0. The Bertz CT molecular complexity index is 1210. The predicted octanol–water partition coefficient (Wildman–Crippen LogP) is 2.49. The molecule has 3 aromatic rings. The first-order valence-electron chi connectivity index (χ1n) is 10.5. The topological polar surface area (TPSA) is 109 Å². The number of nitrogens with zero attached hydrogens (tertiary/aromatic N) is 1. The first-order chi connectivity index (χ1) is 15.4. The average molecular weight is 432 g/mol. The summed E-state index contributed by atoms with van der Waals surface area (Å²) < 4.78 is 1.95. The number of nitrogens with one attached hydrogen (secondary N) is 3. The van der Waals surface area contributed by atoms with Crippen LogP contribution in [0.5, 0.6) is 0 Å². The fourth-order valence-corrected chi connectivity index (χ4v) is 3.91. The molecule has 1 aliphatic heterocycles. The molecule has 0 fully saturated rings. The minimum Gasteiger partial charge on any atom is -0.354 e. The summed E-state index contributed by atoms with van der Waals surface area (Å²) in [6, 6.07) is 13.6. The number of Topliss-reactive ketones (excluding diaryl/α,β-unsaturated/α-hetero) is 1. The van der Waals surface area contributed by atoms with Crippen molar-refractivity contribution in [2.24, 2.45) is 0 Å². The van der Waals surface area contributed by atoms with Crippen LogP contribution in [0.25, 0.3) is 10.9 Å². The molecule has 2 aromatic carbocycles. The highest BCUT2D eigenvalue weighted by Gasteiger charge is 2.27. The summed E-state index contributed by atoms with van der Waals surface area (Å²) in [5, 5.41) is 9.16. The van der Waals surface area contributed by atoms with Crippen LogP contribution < -0.4 is 16.0 Å². The Morgan fingerprint density at radius 2 is 1.81 bits per heavy atom. The molecule has 3 N–H and O–H groups in total. The van der Waals surface area contributed by atoms with E-state index in [-0.39, 0.29) is 36.3 Å². The third kappa shape index (κ3) is 4.39. The Hall–Kier alpha value is -3.94. The summed E-state index contributed by atoms with van der Waals surface area (Å²) in [7, 11) is 0. The van der Waals surface area contributed by atoms with Crippen LogP contribution in [0.4, 0.5) is 5.69 Å². The fourth-order valence-electron chi connectivity index (χ4n) is 3.91. The van der Waals surface area contributed by atoms with Gasteiger partial charge in [0.2, 0.25) is 11.8 Å². The number of carbonyl (C=O) groups is 4. The van der Waals surface area contributed by atoms with E-state index in [0.29, 0.717) is 29.9 Å². The zero-order valence-corrected chi connectivity index (χ0v) is 17.7. The second kappa shape index (κ2) is 9.05. The lowest BCUT2D eigenvalue weighted by molar-refractivity contribution is -0.121. The second-order valence-electron chi connectivity index (χ2n) is 7.76. The molecule has 2 heterocycles. The van der Waals surface area contributed by atoms with Gasteiger partial charge in [0.05, 0.1) is 11.3 Å². The summed E-state index contributed by atoms with van der Waals surface area (Å²) in [6.45, 7) is 2.42. The zero-order chi connectivity index (χ0) is 22.7. The lowest BCUT2D eigenvalue weighted by Gasteiger charge is -2.14. The smallest absolute Gasteiger partial charge is 0.254 e. The Morgan fingerprint density at radius 1 is 1.06 bits per heavy atom. The Kier molecular flexibility index (Phi) is 6.02. The van der Waals surface area contributed by atoms with Gasteiger partial charge in [-0.2, -0.15) is 0 Å². The van der Waals surface area contributed by atoms with E-state index in [0.717, 1.165) is 10.9 Å². The normalized spacial score (nSPS) is 15.5. The van der Waals surface area contributed by atoms with Crippen molar-refractivity contribution in [2.75, 3.05) is 11.9 Å². The molecule has 0 saturated carbocycles. The number of benzene rings is 2. The summed E-state index contributed by atoms with van der Waals surface area (Å²) in [5.41, 5.74) is 2.45. The Balaban J connectivity index is 1.31. The van der Waals surface area contributed by atoms with Gasteiger partial charge >= 0.3 is 0 Å². The van der Waals surface area contributed by atoms with Crippen LogP contribution in [0.2, 0.25) is 0 Å². The van der Waals surface area contributed by atoms with Crippen LogP contribution in [-0.2, 0) is 16.1 Å². The van der Waals surface area contributed by atoms with Crippen LogP contribution in [0.1, 0.15) is 40.5 Å². The molecule has 32 heavy (non-hydrogen) atoms. The Labute approximate surface area is 185 Å². The van der Waals surface area contributed by atoms with Gasteiger partial charge in [0.1, 0.15) is 6.04 Å². The number of carbonyl (C=O) groups excluding carboxylic acids is 4. The molecule has 3 amide bonds. The monoisotopic (exact) mass is 432 g/mol. The van der Waals surface area contributed by atoms with E-state index in [1.54, 1.807) is 24.3 Å². The molecule has 0 spiro atoms. The number of ketones is 1. The maximum Gasteiger partial charge on any atom is 0.254 e. The Morgan fingerprint density at radius 3 is 2.62 bits per heavy atom. The molecular weight excluding hydrogens is 408 g/mol. The molecule has 1 aliphatic rings. The number of hydrogen-bond donors (Lipinski definition) is 3. The van der Waals surface area contributed by atoms with E-state index >= 15 is 0 Å². The molecular formula is C24H24N4O4. The highest BCUT2D eigenvalue weighted by atomic mass is 16.2. The average Bonchev–Trinajstić information content (AvgIpc) is 3.10. The van der Waals surface area contributed by atoms with Crippen molar-refractivity contribution in [3.63, 3.8) is 0 Å². The number of para-hydroxylation sites is 2. The fraction of sp³-hybridized carbons (Fsp3) is 0.250. The number of hydrogen-bond acceptors (Lipinski definition) is 4. The van der Waals surface area contributed by atoms with Crippen molar-refractivity contribution in [2.45, 2.75) is 32.4 Å². The van der Waals surface area contributed by atoms with Crippen molar-refractivity contribution in [3.05, 3.63) is 65.9 Å². The largest absolute Gasteiger partial charge is 0.354 e. The van der Waals surface area contributed by atoms with Crippen LogP contribution in [0.15, 0.2) is 54.7 Å². The molecule has 0 radical (unpaired) electrons. The van der Waals surface area contributed by atoms with E-state index < -0.39 is 6.04 Å². The molecule has 8 nitrogen and oxygen atoms in total. The third-order valence-electron chi connectivity index (χ3n) is 5.55. The van der Waals surface area contributed by atoms with Gasteiger partial charge in [-0.1, -0.05) is 30.3 Å². The van der Waals surface area contributed by atoms with Gasteiger partial charge in [-0.25, -0.2) is 0 Å². The lowest BCUT2D eigenvalue weighted by Crippen LogP contribution is -2.42. The van der Waals surface area contributed by atoms with Crippen molar-refractivity contribution in [1.29, 1.82) is 0 Å². The van der Waals surface area contributed by atoms with Crippen LogP contribution in [0.3, 0.4) is 0 Å². The number of amides is 3. The summed E-state index contributed by atoms with van der Waals surface area (Å²) in [5.74, 6) is -0.899. The molecule has 164 valence electrons. The lowest BCUT2D eigenvalue weighted by atomic mass is 10.1. The minimum atomic E-state index is -0.785. The van der Waals surface area contributed by atoms with E-state index in [9.17, 15) is 19.2 Å². The van der Waals surface area contributed by atoms with Crippen molar-refractivity contribution >= 4 is 40.1 Å². The van der Waals surface area contributed by atoms with Gasteiger partial charge in [-0.3, -0.25) is 19.2 Å². The SMILES string of the molecule is CC(=O)c1cn(CCNC(=O)CCC2NC(=O)c3ccccc3NC2=O)c2ccccc12. The molecule has 0 saturated heterocycles. The number of aromatic nitrogens is 1. The first kappa shape index (κ1) is 21.3. The van der Waals surface area contributed by atoms with Crippen molar-refractivity contribution in [1.82, 2.24) is 15.2 Å². The minimum absolute atomic E-state index is 0.00476. The second-order valence-corrected chi connectivity index (χ2v) is 7.76. The molecule has 1 atom stereocenters. The summed E-state index contributed by atoms with van der Waals surface area (Å²) in [6.07, 6.45) is 2.10.